The van der Waals surface area contributed by atoms with Crippen molar-refractivity contribution >= 4 is 17.3 Å². The van der Waals surface area contributed by atoms with Crippen molar-refractivity contribution in [2.75, 3.05) is 19.5 Å². The Balaban J connectivity index is 1.85. The molecule has 2 aromatic carbocycles. The van der Waals surface area contributed by atoms with Gasteiger partial charge in [0.2, 0.25) is 0 Å². The number of methoxy groups -OCH3 is 1. The molecule has 0 bridgehead atoms. The number of nitrogens with zero attached hydrogens (tertiary/aromatic N) is 2. The van der Waals surface area contributed by atoms with Crippen LogP contribution in [-0.2, 0) is 0 Å². The molecular weight excluding hydrogens is 346 g/mol. The summed E-state index contributed by atoms with van der Waals surface area (Å²) in [5.41, 5.74) is 1.54. The zero-order valence-corrected chi connectivity index (χ0v) is 15.6. The predicted molar refractivity (Wildman–Crippen MR) is 103 cm³/mol. The van der Waals surface area contributed by atoms with Crippen LogP contribution in [0.1, 0.15) is 41.7 Å². The number of nitrogens with one attached hydrogen (secondary N) is 1. The lowest BCUT2D eigenvalue weighted by molar-refractivity contribution is -0.384. The van der Waals surface area contributed by atoms with E-state index in [2.05, 4.69) is 5.32 Å². The molecule has 0 heterocycles. The fourth-order valence-electron chi connectivity index (χ4n) is 2.99. The van der Waals surface area contributed by atoms with Crippen molar-refractivity contribution in [2.24, 2.45) is 0 Å². The average Bonchev–Trinajstić information content (AvgIpc) is 3.50. The van der Waals surface area contributed by atoms with Gasteiger partial charge in [0.15, 0.2) is 0 Å². The molecule has 1 amide bonds. The van der Waals surface area contributed by atoms with E-state index in [1.165, 1.54) is 6.07 Å². The summed E-state index contributed by atoms with van der Waals surface area (Å²) in [6, 6.07) is 12.1. The van der Waals surface area contributed by atoms with Crippen molar-refractivity contribution < 1.29 is 14.5 Å². The van der Waals surface area contributed by atoms with Gasteiger partial charge in [-0.2, -0.15) is 0 Å². The number of ether oxygens (including phenoxy) is 1. The van der Waals surface area contributed by atoms with Gasteiger partial charge in [0.05, 0.1) is 18.1 Å². The van der Waals surface area contributed by atoms with Crippen molar-refractivity contribution in [1.82, 2.24) is 4.90 Å². The third-order valence-corrected chi connectivity index (χ3v) is 4.87. The Labute approximate surface area is 158 Å². The summed E-state index contributed by atoms with van der Waals surface area (Å²) in [5, 5.41) is 14.6. The number of nitro benzene ring substituents is 1. The van der Waals surface area contributed by atoms with Crippen LogP contribution in [0.25, 0.3) is 0 Å². The highest BCUT2D eigenvalue weighted by molar-refractivity contribution is 5.96. The van der Waals surface area contributed by atoms with Crippen molar-refractivity contribution in [3.63, 3.8) is 0 Å². The van der Waals surface area contributed by atoms with Gasteiger partial charge >= 0.3 is 0 Å². The summed E-state index contributed by atoms with van der Waals surface area (Å²) in [5.74, 6) is 0.411. The molecule has 7 heteroatoms. The van der Waals surface area contributed by atoms with Crippen molar-refractivity contribution in [2.45, 2.75) is 31.8 Å². The summed E-state index contributed by atoms with van der Waals surface area (Å²) >= 11 is 0. The first-order valence-electron chi connectivity index (χ1n) is 8.87. The van der Waals surface area contributed by atoms with E-state index < -0.39 is 4.92 Å². The van der Waals surface area contributed by atoms with E-state index in [-0.39, 0.29) is 23.2 Å². The van der Waals surface area contributed by atoms with E-state index in [0.29, 0.717) is 17.5 Å². The van der Waals surface area contributed by atoms with Crippen molar-refractivity contribution in [3.8, 4) is 5.75 Å². The summed E-state index contributed by atoms with van der Waals surface area (Å²) in [4.78, 5) is 25.5. The fourth-order valence-corrected chi connectivity index (χ4v) is 2.99. The molecule has 3 rings (SSSR count). The molecule has 27 heavy (non-hydrogen) atoms. The van der Waals surface area contributed by atoms with Crippen LogP contribution in [0.3, 0.4) is 0 Å². The van der Waals surface area contributed by atoms with E-state index in [1.807, 2.05) is 31.2 Å². The molecule has 1 unspecified atom stereocenters. The lowest BCUT2D eigenvalue weighted by Crippen LogP contribution is -2.30. The molecule has 2 aromatic rings. The number of amides is 1. The highest BCUT2D eigenvalue weighted by Crippen LogP contribution is 2.33. The van der Waals surface area contributed by atoms with Gasteiger partial charge < -0.3 is 15.0 Å². The first-order valence-corrected chi connectivity index (χ1v) is 8.87. The average molecular weight is 369 g/mol. The fraction of sp³-hybridized carbons (Fsp3) is 0.350. The Morgan fingerprint density at radius 3 is 2.63 bits per heavy atom. The highest BCUT2D eigenvalue weighted by atomic mass is 16.6. The maximum atomic E-state index is 12.9. The Kier molecular flexibility index (Phi) is 5.30. The van der Waals surface area contributed by atoms with Crippen LogP contribution < -0.4 is 10.1 Å². The van der Waals surface area contributed by atoms with Gasteiger partial charge in [-0.15, -0.1) is 0 Å². The Bertz CT molecular complexity index is 864. The molecule has 142 valence electrons. The first-order chi connectivity index (χ1) is 12.9. The normalized spacial score (nSPS) is 14.3. The molecule has 0 spiro atoms. The van der Waals surface area contributed by atoms with E-state index in [4.69, 9.17) is 4.74 Å². The molecule has 1 atom stereocenters. The maximum absolute atomic E-state index is 12.9. The number of rotatable bonds is 7. The molecular formula is C20H23N3O4. The largest absolute Gasteiger partial charge is 0.496 e. The summed E-state index contributed by atoms with van der Waals surface area (Å²) < 4.78 is 5.38. The van der Waals surface area contributed by atoms with E-state index in [9.17, 15) is 14.9 Å². The number of carbonyl (C=O) groups is 1. The third kappa shape index (κ3) is 4.02. The van der Waals surface area contributed by atoms with Gasteiger partial charge in [0.25, 0.3) is 11.6 Å². The molecule has 0 saturated heterocycles. The molecule has 0 aromatic heterocycles. The Morgan fingerprint density at radius 1 is 1.30 bits per heavy atom. The SMILES string of the molecule is COc1ccccc1C(C)N(C)C(=O)c1ccc(NC2CC2)c([N+](=O)[O-])c1. The molecule has 1 aliphatic carbocycles. The standard InChI is InChI=1S/C20H23N3O4/c1-13(16-6-4-5-7-19(16)27-3)22(2)20(24)14-8-11-17(21-15-9-10-15)18(12-14)23(25)26/h4-8,11-13,15,21H,9-10H2,1-3H3. The summed E-state index contributed by atoms with van der Waals surface area (Å²) in [7, 11) is 3.27. The molecule has 0 radical (unpaired) electrons. The lowest BCUT2D eigenvalue weighted by atomic mass is 10.0. The second-order valence-corrected chi connectivity index (χ2v) is 6.74. The minimum Gasteiger partial charge on any atom is -0.496 e. The molecule has 1 fully saturated rings. The van der Waals surface area contributed by atoms with Gasteiger partial charge in [-0.25, -0.2) is 0 Å². The number of anilines is 1. The Morgan fingerprint density at radius 2 is 2.00 bits per heavy atom. The van der Waals surface area contributed by atoms with Crippen LogP contribution in [0.15, 0.2) is 42.5 Å². The van der Waals surface area contributed by atoms with Crippen LogP contribution in [0.2, 0.25) is 0 Å². The van der Waals surface area contributed by atoms with Crippen LogP contribution in [-0.4, -0.2) is 35.9 Å². The van der Waals surface area contributed by atoms with Crippen LogP contribution in [0, 0.1) is 10.1 Å². The zero-order valence-electron chi connectivity index (χ0n) is 15.6. The van der Waals surface area contributed by atoms with Gasteiger partial charge in [0.1, 0.15) is 11.4 Å². The minimum atomic E-state index is -0.453. The molecule has 0 aliphatic heterocycles. The smallest absolute Gasteiger partial charge is 0.293 e. The number of hydrogen-bond acceptors (Lipinski definition) is 5. The number of carbonyl (C=O) groups excluding carboxylic acids is 1. The van der Waals surface area contributed by atoms with Crippen molar-refractivity contribution in [3.05, 3.63) is 63.7 Å². The number of hydrogen-bond donors (Lipinski definition) is 1. The minimum absolute atomic E-state index is 0.0777. The third-order valence-electron chi connectivity index (χ3n) is 4.87. The maximum Gasteiger partial charge on any atom is 0.293 e. The summed E-state index contributed by atoms with van der Waals surface area (Å²) in [6.07, 6.45) is 2.02. The monoisotopic (exact) mass is 369 g/mol. The van der Waals surface area contributed by atoms with Crippen LogP contribution >= 0.6 is 0 Å². The van der Waals surface area contributed by atoms with Gasteiger partial charge in [-0.05, 0) is 38.0 Å². The number of nitro groups is 1. The quantitative estimate of drug-likeness (QED) is 0.589. The molecule has 1 N–H and O–H groups in total. The number of benzene rings is 2. The zero-order chi connectivity index (χ0) is 19.6. The predicted octanol–water partition coefficient (Wildman–Crippen LogP) is 4.01. The van der Waals surface area contributed by atoms with Gasteiger partial charge in [0, 0.05) is 30.3 Å². The molecule has 1 aliphatic rings. The van der Waals surface area contributed by atoms with Crippen molar-refractivity contribution in [1.29, 1.82) is 0 Å². The second kappa shape index (κ2) is 7.65. The topological polar surface area (TPSA) is 84.7 Å². The van der Waals surface area contributed by atoms with E-state index in [0.717, 1.165) is 18.4 Å². The number of para-hydroxylation sites is 1. The van der Waals surface area contributed by atoms with Gasteiger partial charge in [-0.3, -0.25) is 14.9 Å². The summed E-state index contributed by atoms with van der Waals surface area (Å²) in [6.45, 7) is 1.90. The van der Waals surface area contributed by atoms with Crippen LogP contribution in [0.4, 0.5) is 11.4 Å². The van der Waals surface area contributed by atoms with E-state index in [1.54, 1.807) is 31.2 Å². The van der Waals surface area contributed by atoms with E-state index >= 15 is 0 Å². The lowest BCUT2D eigenvalue weighted by Gasteiger charge is -2.26. The van der Waals surface area contributed by atoms with Crippen LogP contribution in [0.5, 0.6) is 5.75 Å². The second-order valence-electron chi connectivity index (χ2n) is 6.74. The molecule has 1 saturated carbocycles. The first kappa shape index (κ1) is 18.7. The highest BCUT2D eigenvalue weighted by Gasteiger charge is 2.27. The molecule has 7 nitrogen and oxygen atoms in total. The van der Waals surface area contributed by atoms with Gasteiger partial charge in [-0.1, -0.05) is 18.2 Å². The Hall–Kier alpha value is -3.09.